The molecule has 0 fully saturated rings. The second-order valence-corrected chi connectivity index (χ2v) is 6.53. The van der Waals surface area contributed by atoms with Crippen LogP contribution >= 0.6 is 11.3 Å². The molecule has 6 heteroatoms. The number of phenolic OH excluding ortho intramolecular Hbond substituents is 2. The zero-order valence-electron chi connectivity index (χ0n) is 14.3. The van der Waals surface area contributed by atoms with E-state index < -0.39 is 0 Å². The number of rotatable bonds is 3. The van der Waals surface area contributed by atoms with Crippen molar-refractivity contribution in [1.82, 2.24) is 4.68 Å². The van der Waals surface area contributed by atoms with Crippen LogP contribution in [-0.2, 0) is 0 Å². The molecule has 0 amide bonds. The van der Waals surface area contributed by atoms with Crippen LogP contribution in [0.1, 0.15) is 18.1 Å². The van der Waals surface area contributed by atoms with E-state index in [-0.39, 0.29) is 11.5 Å². The lowest BCUT2D eigenvalue weighted by atomic mass is 10.1. The van der Waals surface area contributed by atoms with Crippen molar-refractivity contribution in [2.24, 2.45) is 10.1 Å². The number of aromatic nitrogens is 1. The third-order valence-corrected chi connectivity index (χ3v) is 4.75. The molecule has 0 saturated heterocycles. The number of nitrogens with zero attached hydrogens (tertiary/aromatic N) is 3. The highest BCUT2D eigenvalue weighted by atomic mass is 32.1. The van der Waals surface area contributed by atoms with E-state index in [0.717, 1.165) is 16.1 Å². The van der Waals surface area contributed by atoms with Crippen molar-refractivity contribution in [3.63, 3.8) is 0 Å². The SMILES string of the molecule is CN=c1scc(-c2ccc(C)cc2)n1N=C(C)c1ccc(O)cc1O. The van der Waals surface area contributed by atoms with E-state index in [0.29, 0.717) is 11.3 Å². The Morgan fingerprint density at radius 2 is 1.80 bits per heavy atom. The van der Waals surface area contributed by atoms with Crippen molar-refractivity contribution in [2.75, 3.05) is 7.05 Å². The Bertz CT molecular complexity index is 998. The fourth-order valence-electron chi connectivity index (χ4n) is 2.50. The summed E-state index contributed by atoms with van der Waals surface area (Å²) >= 11 is 1.51. The van der Waals surface area contributed by atoms with E-state index >= 15 is 0 Å². The van der Waals surface area contributed by atoms with E-state index in [2.05, 4.69) is 34.4 Å². The smallest absolute Gasteiger partial charge is 0.205 e. The van der Waals surface area contributed by atoms with Crippen LogP contribution in [0.4, 0.5) is 0 Å². The molecule has 2 N–H and O–H groups in total. The average Bonchev–Trinajstić information content (AvgIpc) is 2.98. The van der Waals surface area contributed by atoms with Gasteiger partial charge in [-0.15, -0.1) is 11.3 Å². The first-order valence-corrected chi connectivity index (χ1v) is 8.66. The molecule has 0 bridgehead atoms. The minimum Gasteiger partial charge on any atom is -0.508 e. The Morgan fingerprint density at radius 3 is 2.44 bits per heavy atom. The number of benzene rings is 2. The van der Waals surface area contributed by atoms with Gasteiger partial charge in [-0.3, -0.25) is 4.99 Å². The fourth-order valence-corrected chi connectivity index (χ4v) is 3.30. The van der Waals surface area contributed by atoms with Crippen LogP contribution in [0.3, 0.4) is 0 Å². The third-order valence-electron chi connectivity index (χ3n) is 3.85. The predicted octanol–water partition coefficient (Wildman–Crippen LogP) is 3.74. The van der Waals surface area contributed by atoms with Crippen LogP contribution in [0, 0.1) is 6.92 Å². The number of thiazole rings is 1. The summed E-state index contributed by atoms with van der Waals surface area (Å²) in [4.78, 5) is 5.05. The lowest BCUT2D eigenvalue weighted by Crippen LogP contribution is -2.13. The zero-order chi connectivity index (χ0) is 18.0. The van der Waals surface area contributed by atoms with Gasteiger partial charge in [-0.2, -0.15) is 5.10 Å². The molecule has 0 aliphatic heterocycles. The third kappa shape index (κ3) is 3.49. The monoisotopic (exact) mass is 353 g/mol. The second-order valence-electron chi connectivity index (χ2n) is 5.69. The van der Waals surface area contributed by atoms with E-state index in [9.17, 15) is 10.2 Å². The molecule has 0 aliphatic rings. The molecule has 1 heterocycles. The van der Waals surface area contributed by atoms with Crippen molar-refractivity contribution in [3.05, 3.63) is 63.8 Å². The van der Waals surface area contributed by atoms with Crippen LogP contribution in [-0.4, -0.2) is 27.6 Å². The molecule has 0 aliphatic carbocycles. The largest absolute Gasteiger partial charge is 0.508 e. The van der Waals surface area contributed by atoms with Crippen molar-refractivity contribution in [1.29, 1.82) is 0 Å². The Balaban J connectivity index is 2.13. The fraction of sp³-hybridized carbons (Fsp3) is 0.158. The molecule has 0 atom stereocenters. The van der Waals surface area contributed by atoms with Crippen molar-refractivity contribution >= 4 is 17.0 Å². The average molecular weight is 353 g/mol. The maximum absolute atomic E-state index is 10.1. The van der Waals surface area contributed by atoms with Crippen LogP contribution in [0.25, 0.3) is 11.3 Å². The van der Waals surface area contributed by atoms with E-state index in [1.807, 2.05) is 19.2 Å². The van der Waals surface area contributed by atoms with Gasteiger partial charge in [0.2, 0.25) is 4.80 Å². The topological polar surface area (TPSA) is 70.1 Å². The van der Waals surface area contributed by atoms with Crippen molar-refractivity contribution in [3.8, 4) is 22.8 Å². The minimum absolute atomic E-state index is 0.0102. The standard InChI is InChI=1S/C19H19N3O2S/c1-12-4-6-14(7-5-12)17-11-25-19(20-3)22(17)21-13(2)16-9-8-15(23)10-18(16)24/h4-11,23-24H,1-3H3. The van der Waals surface area contributed by atoms with Gasteiger partial charge in [-0.05, 0) is 26.0 Å². The highest BCUT2D eigenvalue weighted by molar-refractivity contribution is 7.07. The molecule has 3 rings (SSSR count). The highest BCUT2D eigenvalue weighted by Gasteiger charge is 2.10. The zero-order valence-corrected chi connectivity index (χ0v) is 15.1. The first-order chi connectivity index (χ1) is 12.0. The quantitative estimate of drug-likeness (QED) is 0.704. The molecule has 0 saturated carbocycles. The second kappa shape index (κ2) is 6.94. The van der Waals surface area contributed by atoms with Crippen LogP contribution < -0.4 is 4.80 Å². The molecule has 128 valence electrons. The first kappa shape index (κ1) is 17.0. The summed E-state index contributed by atoms with van der Waals surface area (Å²) in [6.07, 6.45) is 0. The maximum Gasteiger partial charge on any atom is 0.205 e. The number of hydrogen-bond acceptors (Lipinski definition) is 5. The predicted molar refractivity (Wildman–Crippen MR) is 101 cm³/mol. The van der Waals surface area contributed by atoms with Gasteiger partial charge in [0.25, 0.3) is 0 Å². The lowest BCUT2D eigenvalue weighted by molar-refractivity contribution is 0.450. The van der Waals surface area contributed by atoms with Gasteiger partial charge < -0.3 is 10.2 Å². The van der Waals surface area contributed by atoms with Gasteiger partial charge in [0.05, 0.1) is 11.4 Å². The molecular weight excluding hydrogens is 334 g/mol. The summed E-state index contributed by atoms with van der Waals surface area (Å²) in [6, 6.07) is 12.7. The molecule has 3 aromatic rings. The van der Waals surface area contributed by atoms with Crippen molar-refractivity contribution < 1.29 is 10.2 Å². The van der Waals surface area contributed by atoms with Crippen molar-refractivity contribution in [2.45, 2.75) is 13.8 Å². The molecule has 0 spiro atoms. The van der Waals surface area contributed by atoms with E-state index in [1.165, 1.54) is 29.0 Å². The van der Waals surface area contributed by atoms with Gasteiger partial charge in [-0.25, -0.2) is 4.68 Å². The Hall–Kier alpha value is -2.86. The van der Waals surface area contributed by atoms with Gasteiger partial charge in [-0.1, -0.05) is 29.8 Å². The van der Waals surface area contributed by atoms with Gasteiger partial charge in [0.15, 0.2) is 0 Å². The van der Waals surface area contributed by atoms with Crippen LogP contribution in [0.2, 0.25) is 0 Å². The first-order valence-electron chi connectivity index (χ1n) is 7.78. The van der Waals surface area contributed by atoms with Gasteiger partial charge in [0, 0.05) is 29.6 Å². The summed E-state index contributed by atoms with van der Waals surface area (Å²) in [7, 11) is 1.73. The molecule has 0 unspecified atom stereocenters. The number of phenols is 2. The normalized spacial score (nSPS) is 12.6. The van der Waals surface area contributed by atoms with Gasteiger partial charge >= 0.3 is 0 Å². The summed E-state index contributed by atoms with van der Waals surface area (Å²) in [6.45, 7) is 3.86. The minimum atomic E-state index is -0.0102. The number of aromatic hydroxyl groups is 2. The van der Waals surface area contributed by atoms with Crippen LogP contribution in [0.15, 0.2) is 57.9 Å². The number of aryl methyl sites for hydroxylation is 1. The summed E-state index contributed by atoms with van der Waals surface area (Å²) < 4.78 is 1.77. The summed E-state index contributed by atoms with van der Waals surface area (Å²) in [5, 5.41) is 26.2. The van der Waals surface area contributed by atoms with Crippen LogP contribution in [0.5, 0.6) is 11.5 Å². The van der Waals surface area contributed by atoms with E-state index in [4.69, 9.17) is 0 Å². The molecule has 0 radical (unpaired) electrons. The van der Waals surface area contributed by atoms with Gasteiger partial charge in [0.1, 0.15) is 11.5 Å². The molecular formula is C19H19N3O2S. The maximum atomic E-state index is 10.1. The van der Waals surface area contributed by atoms with E-state index in [1.54, 1.807) is 17.8 Å². The molecule has 5 nitrogen and oxygen atoms in total. The summed E-state index contributed by atoms with van der Waals surface area (Å²) in [5.41, 5.74) is 4.36. The molecule has 2 aromatic carbocycles. The Kier molecular flexibility index (Phi) is 4.72. The molecule has 1 aromatic heterocycles. The Morgan fingerprint density at radius 1 is 1.08 bits per heavy atom. The lowest BCUT2D eigenvalue weighted by Gasteiger charge is -2.08. The highest BCUT2D eigenvalue weighted by Crippen LogP contribution is 2.24. The Labute approximate surface area is 149 Å². The molecule has 25 heavy (non-hydrogen) atoms. The number of hydrogen-bond donors (Lipinski definition) is 2. The summed E-state index contributed by atoms with van der Waals surface area (Å²) in [5.74, 6) is 0.00535.